The average molecular weight is 282 g/mol. The van der Waals surface area contributed by atoms with E-state index in [0.29, 0.717) is 11.3 Å². The van der Waals surface area contributed by atoms with Gasteiger partial charge in [-0.05, 0) is 36.4 Å². The van der Waals surface area contributed by atoms with Crippen LogP contribution in [0.1, 0.15) is 32.1 Å². The normalized spacial score (nSPS) is 9.52. The van der Waals surface area contributed by atoms with Crippen molar-refractivity contribution in [1.29, 1.82) is 0 Å². The highest BCUT2D eigenvalue weighted by Gasteiger charge is 2.12. The summed E-state index contributed by atoms with van der Waals surface area (Å²) >= 11 is 0. The van der Waals surface area contributed by atoms with Crippen LogP contribution in [0.15, 0.2) is 36.4 Å². The van der Waals surface area contributed by atoms with Gasteiger partial charge in [0.25, 0.3) is 0 Å². The van der Waals surface area contributed by atoms with Crippen molar-refractivity contribution in [3.8, 4) is 11.8 Å². The number of benzene rings is 1. The fraction of sp³-hybridized carbons (Fsp3) is 0. The standard InChI is InChI=1S/C15H10N2O4/c16-11-5-3-9(4-6-11)1-2-10-7-12(14(18)19)17-13(8-10)15(20)21/h3-8H,16H2,(H,18,19)(H,20,21). The summed E-state index contributed by atoms with van der Waals surface area (Å²) in [4.78, 5) is 25.4. The predicted molar refractivity (Wildman–Crippen MR) is 75.0 cm³/mol. The van der Waals surface area contributed by atoms with Crippen LogP contribution >= 0.6 is 0 Å². The maximum atomic E-state index is 10.9. The van der Waals surface area contributed by atoms with Crippen LogP contribution < -0.4 is 5.73 Å². The molecule has 0 atom stereocenters. The molecule has 0 aliphatic rings. The van der Waals surface area contributed by atoms with Crippen LogP contribution in [0.25, 0.3) is 0 Å². The van der Waals surface area contributed by atoms with Gasteiger partial charge >= 0.3 is 11.9 Å². The first-order chi connectivity index (χ1) is 9.95. The minimum Gasteiger partial charge on any atom is -0.477 e. The average Bonchev–Trinajstić information content (AvgIpc) is 2.46. The Hall–Kier alpha value is -3.33. The summed E-state index contributed by atoms with van der Waals surface area (Å²) in [6.45, 7) is 0. The lowest BCUT2D eigenvalue weighted by atomic mass is 10.1. The van der Waals surface area contributed by atoms with Crippen molar-refractivity contribution in [2.75, 3.05) is 5.73 Å². The van der Waals surface area contributed by atoms with Crippen LogP contribution in [0.5, 0.6) is 0 Å². The molecule has 0 aliphatic heterocycles. The molecule has 6 nitrogen and oxygen atoms in total. The van der Waals surface area contributed by atoms with Gasteiger partial charge in [0.2, 0.25) is 0 Å². The summed E-state index contributed by atoms with van der Waals surface area (Å²) in [7, 11) is 0. The van der Waals surface area contributed by atoms with Crippen molar-refractivity contribution < 1.29 is 19.8 Å². The van der Waals surface area contributed by atoms with E-state index in [-0.39, 0.29) is 17.0 Å². The van der Waals surface area contributed by atoms with E-state index < -0.39 is 11.9 Å². The summed E-state index contributed by atoms with van der Waals surface area (Å²) < 4.78 is 0. The van der Waals surface area contributed by atoms with Crippen LogP contribution in [-0.2, 0) is 0 Å². The van der Waals surface area contributed by atoms with Gasteiger partial charge in [-0.3, -0.25) is 0 Å². The first-order valence-corrected chi connectivity index (χ1v) is 5.82. The second-order valence-corrected chi connectivity index (χ2v) is 4.11. The molecule has 0 aliphatic carbocycles. The molecule has 0 unspecified atom stereocenters. The van der Waals surface area contributed by atoms with E-state index >= 15 is 0 Å². The van der Waals surface area contributed by atoms with Gasteiger partial charge in [-0.1, -0.05) is 11.8 Å². The maximum absolute atomic E-state index is 10.9. The third kappa shape index (κ3) is 3.58. The Morgan fingerprint density at radius 2 is 1.38 bits per heavy atom. The molecule has 1 aromatic heterocycles. The zero-order valence-corrected chi connectivity index (χ0v) is 10.7. The molecule has 21 heavy (non-hydrogen) atoms. The van der Waals surface area contributed by atoms with Crippen LogP contribution in [0.4, 0.5) is 5.69 Å². The summed E-state index contributed by atoms with van der Waals surface area (Å²) in [6, 6.07) is 9.22. The summed E-state index contributed by atoms with van der Waals surface area (Å²) in [5, 5.41) is 17.8. The molecule has 0 spiro atoms. The smallest absolute Gasteiger partial charge is 0.354 e. The molecule has 0 saturated carbocycles. The second kappa shape index (κ2) is 5.75. The number of pyridine rings is 1. The molecule has 104 valence electrons. The van der Waals surface area contributed by atoms with Crippen LogP contribution in [0.2, 0.25) is 0 Å². The summed E-state index contributed by atoms with van der Waals surface area (Å²) in [5.74, 6) is 2.89. The number of hydrogen-bond acceptors (Lipinski definition) is 4. The summed E-state index contributed by atoms with van der Waals surface area (Å²) in [5.41, 5.74) is 6.36. The van der Waals surface area contributed by atoms with E-state index in [9.17, 15) is 9.59 Å². The maximum Gasteiger partial charge on any atom is 0.354 e. The molecule has 1 heterocycles. The number of carboxylic acids is 2. The fourth-order valence-electron chi connectivity index (χ4n) is 1.53. The predicted octanol–water partition coefficient (Wildman–Crippen LogP) is 1.46. The number of hydrogen-bond donors (Lipinski definition) is 3. The highest BCUT2D eigenvalue weighted by atomic mass is 16.4. The number of aromatic carboxylic acids is 2. The van der Waals surface area contributed by atoms with E-state index in [0.717, 1.165) is 0 Å². The third-order valence-corrected chi connectivity index (χ3v) is 2.53. The van der Waals surface area contributed by atoms with E-state index in [1.165, 1.54) is 12.1 Å². The van der Waals surface area contributed by atoms with Crippen LogP contribution in [-0.4, -0.2) is 27.1 Å². The number of carboxylic acid groups (broad SMARTS) is 2. The van der Waals surface area contributed by atoms with Gasteiger partial charge in [-0.15, -0.1) is 0 Å². The molecule has 2 aromatic rings. The number of nitrogens with two attached hydrogens (primary N) is 1. The Balaban J connectivity index is 2.42. The number of carbonyl (C=O) groups is 2. The molecular formula is C15H10N2O4. The Bertz CT molecular complexity index is 738. The topological polar surface area (TPSA) is 114 Å². The lowest BCUT2D eigenvalue weighted by Crippen LogP contribution is -2.08. The van der Waals surface area contributed by atoms with Gasteiger partial charge in [-0.2, -0.15) is 0 Å². The number of anilines is 1. The first-order valence-electron chi connectivity index (χ1n) is 5.82. The highest BCUT2D eigenvalue weighted by Crippen LogP contribution is 2.08. The zero-order valence-electron chi connectivity index (χ0n) is 10.7. The lowest BCUT2D eigenvalue weighted by Gasteiger charge is -1.99. The highest BCUT2D eigenvalue weighted by molar-refractivity contribution is 5.90. The number of rotatable bonds is 2. The van der Waals surface area contributed by atoms with Crippen molar-refractivity contribution in [2.24, 2.45) is 0 Å². The molecular weight excluding hydrogens is 272 g/mol. The number of nitrogen functional groups attached to an aromatic ring is 1. The Kier molecular flexibility index (Phi) is 3.86. The number of aromatic nitrogens is 1. The fourth-order valence-corrected chi connectivity index (χ4v) is 1.53. The monoisotopic (exact) mass is 282 g/mol. The molecule has 1 aromatic carbocycles. The molecule has 4 N–H and O–H groups in total. The van der Waals surface area contributed by atoms with E-state index in [1.807, 2.05) is 0 Å². The largest absolute Gasteiger partial charge is 0.477 e. The van der Waals surface area contributed by atoms with Crippen molar-refractivity contribution in [2.45, 2.75) is 0 Å². The van der Waals surface area contributed by atoms with E-state index in [4.69, 9.17) is 15.9 Å². The summed E-state index contributed by atoms with van der Waals surface area (Å²) in [6.07, 6.45) is 0. The second-order valence-electron chi connectivity index (χ2n) is 4.11. The molecule has 0 saturated heterocycles. The van der Waals surface area contributed by atoms with Crippen molar-refractivity contribution in [1.82, 2.24) is 4.98 Å². The third-order valence-electron chi connectivity index (χ3n) is 2.53. The van der Waals surface area contributed by atoms with E-state index in [1.54, 1.807) is 24.3 Å². The van der Waals surface area contributed by atoms with Crippen molar-refractivity contribution in [3.63, 3.8) is 0 Å². The van der Waals surface area contributed by atoms with Gasteiger partial charge in [0.1, 0.15) is 11.4 Å². The molecule has 0 bridgehead atoms. The minimum atomic E-state index is -1.31. The van der Waals surface area contributed by atoms with Gasteiger partial charge < -0.3 is 15.9 Å². The SMILES string of the molecule is Nc1ccc(C#Cc2cc(C(=O)O)nc(C(=O)O)c2)cc1. The molecule has 6 heteroatoms. The Morgan fingerprint density at radius 1 is 0.905 bits per heavy atom. The van der Waals surface area contributed by atoms with Crippen LogP contribution in [0.3, 0.4) is 0 Å². The van der Waals surface area contributed by atoms with Gasteiger partial charge in [0, 0.05) is 16.8 Å². The van der Waals surface area contributed by atoms with Gasteiger partial charge in [0.05, 0.1) is 0 Å². The van der Waals surface area contributed by atoms with Crippen molar-refractivity contribution in [3.05, 3.63) is 58.9 Å². The minimum absolute atomic E-state index is 0.261. The molecule has 2 rings (SSSR count). The molecule has 0 fully saturated rings. The van der Waals surface area contributed by atoms with E-state index in [2.05, 4.69) is 16.8 Å². The Labute approximate surface area is 119 Å². The van der Waals surface area contributed by atoms with Crippen molar-refractivity contribution >= 4 is 17.6 Å². The Morgan fingerprint density at radius 3 is 1.86 bits per heavy atom. The van der Waals surface area contributed by atoms with Gasteiger partial charge in [0.15, 0.2) is 0 Å². The van der Waals surface area contributed by atoms with Crippen LogP contribution in [0, 0.1) is 11.8 Å². The zero-order chi connectivity index (χ0) is 15.4. The van der Waals surface area contributed by atoms with Gasteiger partial charge in [-0.25, -0.2) is 14.6 Å². The first kappa shape index (κ1) is 14.1. The number of nitrogens with zero attached hydrogens (tertiary/aromatic N) is 1. The quantitative estimate of drug-likeness (QED) is 0.567. The molecule has 0 amide bonds. The molecule has 0 radical (unpaired) electrons. The lowest BCUT2D eigenvalue weighted by molar-refractivity contribution is 0.0685.